The van der Waals surface area contributed by atoms with E-state index in [9.17, 15) is 14.0 Å². The van der Waals surface area contributed by atoms with Crippen molar-refractivity contribution in [3.05, 3.63) is 50.4 Å². The van der Waals surface area contributed by atoms with Crippen molar-refractivity contribution in [2.75, 3.05) is 0 Å². The quantitative estimate of drug-likeness (QED) is 0.847. The van der Waals surface area contributed by atoms with Crippen molar-refractivity contribution in [1.82, 2.24) is 14.7 Å². The molecule has 2 rings (SSSR count). The largest absolute Gasteiger partial charge is 0.359 e. The number of hydrogen-bond donors (Lipinski definition) is 2. The molecular weight excluding hydrogens is 279 g/mol. The fourth-order valence-electron chi connectivity index (χ4n) is 1.97. The molecular formula is C13H17FN4O3. The zero-order valence-corrected chi connectivity index (χ0v) is 11.8. The molecule has 1 atom stereocenters. The number of H-pyrrole nitrogens is 1. The zero-order chi connectivity index (χ0) is 15.6. The van der Waals surface area contributed by atoms with Crippen molar-refractivity contribution in [3.63, 3.8) is 0 Å². The maximum atomic E-state index is 13.2. The summed E-state index contributed by atoms with van der Waals surface area (Å²) in [7, 11) is 0. The van der Waals surface area contributed by atoms with Crippen LogP contribution in [0.1, 0.15) is 37.8 Å². The van der Waals surface area contributed by atoms with E-state index in [1.165, 1.54) is 0 Å². The molecule has 2 aromatic rings. The highest BCUT2D eigenvalue weighted by Gasteiger charge is 2.14. The molecule has 2 aromatic heterocycles. The van der Waals surface area contributed by atoms with Crippen LogP contribution < -0.4 is 17.0 Å². The van der Waals surface area contributed by atoms with Gasteiger partial charge in [0.2, 0.25) is 5.82 Å². The van der Waals surface area contributed by atoms with Gasteiger partial charge in [0, 0.05) is 6.07 Å². The van der Waals surface area contributed by atoms with Gasteiger partial charge in [0.05, 0.1) is 18.8 Å². The number of rotatable bonds is 5. The van der Waals surface area contributed by atoms with Crippen LogP contribution in [0.3, 0.4) is 0 Å². The minimum Gasteiger partial charge on any atom is -0.359 e. The zero-order valence-electron chi connectivity index (χ0n) is 11.8. The molecule has 0 bridgehead atoms. The number of halogens is 1. The number of nitrogens with two attached hydrogens (primary N) is 1. The summed E-state index contributed by atoms with van der Waals surface area (Å²) in [5.41, 5.74) is 4.79. The summed E-state index contributed by atoms with van der Waals surface area (Å²) < 4.78 is 19.3. The summed E-state index contributed by atoms with van der Waals surface area (Å²) in [6.45, 7) is 4.06. The van der Waals surface area contributed by atoms with Crippen molar-refractivity contribution < 1.29 is 8.91 Å². The van der Waals surface area contributed by atoms with Gasteiger partial charge in [-0.3, -0.25) is 14.3 Å². The van der Waals surface area contributed by atoms with Gasteiger partial charge >= 0.3 is 5.69 Å². The van der Waals surface area contributed by atoms with Gasteiger partial charge in [-0.05, 0) is 12.3 Å². The Morgan fingerprint density at radius 2 is 2.19 bits per heavy atom. The lowest BCUT2D eigenvalue weighted by atomic mass is 10.0. The second-order valence-electron chi connectivity index (χ2n) is 5.32. The Bertz CT molecular complexity index is 732. The van der Waals surface area contributed by atoms with E-state index in [0.717, 1.165) is 17.2 Å². The Morgan fingerprint density at radius 3 is 2.86 bits per heavy atom. The van der Waals surface area contributed by atoms with Crippen LogP contribution in [-0.4, -0.2) is 14.7 Å². The second-order valence-corrected chi connectivity index (χ2v) is 5.32. The Labute approximate surface area is 119 Å². The molecule has 0 aliphatic carbocycles. The molecule has 0 unspecified atom stereocenters. The third-order valence-corrected chi connectivity index (χ3v) is 2.98. The standard InChI is InChI=1S/C13H17FN4O3/c1-7(2)3-10(15)11-4-8(21-17-11)5-18-6-9(14)12(19)16-13(18)20/h4,6-7,10H,3,5,15H2,1-2H3,(H,16,19,20)/t10-/m0/s1. The van der Waals surface area contributed by atoms with E-state index >= 15 is 0 Å². The lowest BCUT2D eigenvalue weighted by Gasteiger charge is -2.09. The molecule has 114 valence electrons. The predicted molar refractivity (Wildman–Crippen MR) is 73.3 cm³/mol. The van der Waals surface area contributed by atoms with Crippen LogP contribution in [0.2, 0.25) is 0 Å². The van der Waals surface area contributed by atoms with Crippen molar-refractivity contribution in [1.29, 1.82) is 0 Å². The summed E-state index contributed by atoms with van der Waals surface area (Å²) in [5, 5.41) is 3.85. The third kappa shape index (κ3) is 3.66. The second kappa shape index (κ2) is 6.04. The molecule has 0 amide bonds. The third-order valence-electron chi connectivity index (χ3n) is 2.98. The molecule has 0 saturated carbocycles. The van der Waals surface area contributed by atoms with Crippen LogP contribution in [0.25, 0.3) is 0 Å². The van der Waals surface area contributed by atoms with E-state index in [4.69, 9.17) is 10.3 Å². The first-order chi connectivity index (χ1) is 9.86. The minimum atomic E-state index is -1.05. The first-order valence-electron chi connectivity index (χ1n) is 6.57. The Morgan fingerprint density at radius 1 is 1.48 bits per heavy atom. The number of nitrogens with one attached hydrogen (secondary N) is 1. The van der Waals surface area contributed by atoms with Gasteiger partial charge in [-0.15, -0.1) is 0 Å². The summed E-state index contributed by atoms with van der Waals surface area (Å²) in [6, 6.07) is 1.37. The molecule has 0 spiro atoms. The highest BCUT2D eigenvalue weighted by Crippen LogP contribution is 2.18. The molecule has 21 heavy (non-hydrogen) atoms. The Kier molecular flexibility index (Phi) is 4.37. The smallest absolute Gasteiger partial charge is 0.328 e. The van der Waals surface area contributed by atoms with Gasteiger partial charge < -0.3 is 10.3 Å². The van der Waals surface area contributed by atoms with Crippen LogP contribution in [0.5, 0.6) is 0 Å². The van der Waals surface area contributed by atoms with Crippen LogP contribution in [-0.2, 0) is 6.54 Å². The maximum absolute atomic E-state index is 13.2. The maximum Gasteiger partial charge on any atom is 0.328 e. The van der Waals surface area contributed by atoms with Gasteiger partial charge in [-0.1, -0.05) is 19.0 Å². The molecule has 3 N–H and O–H groups in total. The normalized spacial score (nSPS) is 12.8. The molecule has 7 nitrogen and oxygen atoms in total. The summed E-state index contributed by atoms with van der Waals surface area (Å²) in [6.07, 6.45) is 1.58. The summed E-state index contributed by atoms with van der Waals surface area (Å²) in [5.74, 6) is -0.264. The average Bonchev–Trinajstić information content (AvgIpc) is 2.84. The van der Waals surface area contributed by atoms with E-state index in [1.54, 1.807) is 6.07 Å². The molecule has 2 heterocycles. The van der Waals surface area contributed by atoms with Gasteiger partial charge in [-0.2, -0.15) is 4.39 Å². The van der Waals surface area contributed by atoms with Gasteiger partial charge in [0.25, 0.3) is 5.56 Å². The van der Waals surface area contributed by atoms with E-state index in [-0.39, 0.29) is 12.6 Å². The fraction of sp³-hybridized carbons (Fsp3) is 0.462. The van der Waals surface area contributed by atoms with Crippen molar-refractivity contribution in [3.8, 4) is 0 Å². The first-order valence-corrected chi connectivity index (χ1v) is 6.57. The molecule has 0 aliphatic heterocycles. The van der Waals surface area contributed by atoms with Crippen molar-refractivity contribution in [2.45, 2.75) is 32.9 Å². The molecule has 0 aromatic carbocycles. The van der Waals surface area contributed by atoms with E-state index < -0.39 is 17.1 Å². The number of aromatic nitrogens is 3. The van der Waals surface area contributed by atoms with Crippen LogP contribution in [0.15, 0.2) is 26.4 Å². The van der Waals surface area contributed by atoms with Gasteiger partial charge in [-0.25, -0.2) is 4.79 Å². The summed E-state index contributed by atoms with van der Waals surface area (Å²) in [4.78, 5) is 24.4. The first kappa shape index (κ1) is 15.2. The van der Waals surface area contributed by atoms with Crippen LogP contribution in [0, 0.1) is 11.7 Å². The van der Waals surface area contributed by atoms with Gasteiger partial charge in [0.15, 0.2) is 5.76 Å². The Balaban J connectivity index is 2.18. The topological polar surface area (TPSA) is 107 Å². The SMILES string of the molecule is CC(C)C[C@H](N)c1cc(Cn2cc(F)c(=O)[nH]c2=O)on1. The molecule has 0 aliphatic rings. The van der Waals surface area contributed by atoms with Crippen LogP contribution in [0.4, 0.5) is 4.39 Å². The lowest BCUT2D eigenvalue weighted by Crippen LogP contribution is -2.31. The van der Waals surface area contributed by atoms with Crippen molar-refractivity contribution in [2.24, 2.45) is 11.7 Å². The number of hydrogen-bond acceptors (Lipinski definition) is 5. The van der Waals surface area contributed by atoms with E-state index in [0.29, 0.717) is 17.4 Å². The predicted octanol–water partition coefficient (Wildman–Crippen LogP) is 0.758. The highest BCUT2D eigenvalue weighted by atomic mass is 19.1. The van der Waals surface area contributed by atoms with Crippen LogP contribution >= 0.6 is 0 Å². The molecule has 0 radical (unpaired) electrons. The van der Waals surface area contributed by atoms with E-state index in [1.807, 2.05) is 18.8 Å². The minimum absolute atomic E-state index is 0.0338. The van der Waals surface area contributed by atoms with Crippen molar-refractivity contribution >= 4 is 0 Å². The number of nitrogens with zero attached hydrogens (tertiary/aromatic N) is 2. The number of aromatic amines is 1. The Hall–Kier alpha value is -2.22. The molecule has 0 fully saturated rings. The molecule has 0 saturated heterocycles. The fourth-order valence-corrected chi connectivity index (χ4v) is 1.97. The lowest BCUT2D eigenvalue weighted by molar-refractivity contribution is 0.359. The highest BCUT2D eigenvalue weighted by molar-refractivity contribution is 5.10. The summed E-state index contributed by atoms with van der Waals surface area (Å²) >= 11 is 0. The monoisotopic (exact) mass is 296 g/mol. The molecule has 8 heteroatoms. The average molecular weight is 296 g/mol. The van der Waals surface area contributed by atoms with E-state index in [2.05, 4.69) is 5.16 Å². The van der Waals surface area contributed by atoms with Gasteiger partial charge in [0.1, 0.15) is 5.69 Å².